The third kappa shape index (κ3) is 1.52. The van der Waals surface area contributed by atoms with Crippen LogP contribution in [0.1, 0.15) is 0 Å². The quantitative estimate of drug-likeness (QED) is 0.563. The minimum absolute atomic E-state index is 0.117. The van der Waals surface area contributed by atoms with Crippen LogP contribution in [0.25, 0.3) is 0 Å². The van der Waals surface area contributed by atoms with Crippen LogP contribution in [-0.2, 0) is 19.1 Å². The number of carbonyl (C=O) groups is 2. The number of rotatable bonds is 4. The summed E-state index contributed by atoms with van der Waals surface area (Å²) in [6, 6.07) is 0. The summed E-state index contributed by atoms with van der Waals surface area (Å²) in [5.41, 5.74) is 0. The maximum Gasteiger partial charge on any atom is 0.323 e. The molecule has 0 aliphatic heterocycles. The molecule has 4 nitrogen and oxygen atoms in total. The zero-order chi connectivity index (χ0) is 17.3. The van der Waals surface area contributed by atoms with Gasteiger partial charge in [0.2, 0.25) is 0 Å². The van der Waals surface area contributed by atoms with Crippen LogP contribution < -0.4 is 0 Å². The van der Waals surface area contributed by atoms with Crippen molar-refractivity contribution in [2.45, 2.75) is 9.49 Å². The Morgan fingerprint density at radius 2 is 1.04 bits per heavy atom. The van der Waals surface area contributed by atoms with E-state index < -0.39 is 9.49 Å². The summed E-state index contributed by atoms with van der Waals surface area (Å²) in [6.45, 7) is 0. The average molecular weight is 367 g/mol. The van der Waals surface area contributed by atoms with E-state index in [-0.39, 0.29) is 35.6 Å². The van der Waals surface area contributed by atoms with E-state index in [1.165, 1.54) is 14.2 Å². The maximum atomic E-state index is 12.8. The van der Waals surface area contributed by atoms with E-state index in [1.54, 1.807) is 23.5 Å². The van der Waals surface area contributed by atoms with Crippen molar-refractivity contribution in [3.8, 4) is 0 Å². The second-order valence-corrected chi connectivity index (χ2v) is 9.17. The molecule has 0 amide bonds. The van der Waals surface area contributed by atoms with Gasteiger partial charge in [-0.15, -0.1) is 23.5 Å². The van der Waals surface area contributed by atoms with Crippen LogP contribution in [0.5, 0.6) is 0 Å². The van der Waals surface area contributed by atoms with Gasteiger partial charge in [0.15, 0.2) is 0 Å². The molecule has 4 rings (SSSR count). The van der Waals surface area contributed by atoms with E-state index in [1.807, 2.05) is 12.5 Å². The highest BCUT2D eigenvalue weighted by atomic mass is 32.2. The van der Waals surface area contributed by atoms with E-state index >= 15 is 0 Å². The Morgan fingerprint density at radius 3 is 1.25 bits per heavy atom. The summed E-state index contributed by atoms with van der Waals surface area (Å²) in [5, 5.41) is 0. The molecule has 4 aliphatic rings. The fraction of sp³-hybridized carbons (Fsp3) is 0.667. The first-order valence-electron chi connectivity index (χ1n) is 8.18. The second-order valence-electron chi connectivity index (χ2n) is 7.01. The van der Waals surface area contributed by atoms with Crippen LogP contribution in [0.4, 0.5) is 0 Å². The van der Waals surface area contributed by atoms with Crippen molar-refractivity contribution in [3.63, 3.8) is 0 Å². The average Bonchev–Trinajstić information content (AvgIpc) is 3.31. The molecule has 0 spiro atoms. The number of methoxy groups -OCH3 is 2. The predicted molar refractivity (Wildman–Crippen MR) is 95.7 cm³/mol. The standard InChI is InChI=1S/C18H22O4S2/c1-21-15(19)17(23-3)9-5-7-11-13(9)14-10(17)6-8-12(14)18(11,24-4)16(20)22-2/h5-14H,1-4H3/t9-,10-,11-,12-,13?,14?,17?,18?/m1/s1. The van der Waals surface area contributed by atoms with Crippen molar-refractivity contribution in [2.75, 3.05) is 26.7 Å². The molecule has 0 saturated heterocycles. The van der Waals surface area contributed by atoms with Crippen molar-refractivity contribution >= 4 is 35.5 Å². The van der Waals surface area contributed by atoms with Gasteiger partial charge in [-0.05, 0) is 24.3 Å². The second kappa shape index (κ2) is 5.31. The van der Waals surface area contributed by atoms with Crippen LogP contribution in [0.2, 0.25) is 0 Å². The lowest BCUT2D eigenvalue weighted by Crippen LogP contribution is -2.49. The van der Waals surface area contributed by atoms with Gasteiger partial charge in [0.1, 0.15) is 9.49 Å². The molecule has 6 heteroatoms. The Balaban J connectivity index is 1.87. The Morgan fingerprint density at radius 1 is 0.750 bits per heavy atom. The number of allylic oxidation sites excluding steroid dienone is 4. The SMILES string of the molecule is COC(=O)C1(SC)[C@@H]2C=C[C@@H]3C2C2[C@H]1C=C[C@H]2C3(SC)C(=O)OC. The van der Waals surface area contributed by atoms with E-state index in [0.29, 0.717) is 11.8 Å². The molecule has 0 aromatic rings. The lowest BCUT2D eigenvalue weighted by molar-refractivity contribution is -0.145. The van der Waals surface area contributed by atoms with Gasteiger partial charge < -0.3 is 9.47 Å². The molecular formula is C18H22O4S2. The first-order chi connectivity index (χ1) is 11.5. The van der Waals surface area contributed by atoms with E-state index in [9.17, 15) is 9.59 Å². The Hall–Kier alpha value is -0.880. The van der Waals surface area contributed by atoms with Gasteiger partial charge in [0.05, 0.1) is 14.2 Å². The summed E-state index contributed by atoms with van der Waals surface area (Å²) in [5.74, 6) is 0.793. The molecular weight excluding hydrogens is 344 g/mol. The van der Waals surface area contributed by atoms with E-state index in [4.69, 9.17) is 9.47 Å². The van der Waals surface area contributed by atoms with E-state index in [0.717, 1.165) is 0 Å². The fourth-order valence-electron chi connectivity index (χ4n) is 6.13. The van der Waals surface area contributed by atoms with Crippen molar-refractivity contribution in [3.05, 3.63) is 24.3 Å². The van der Waals surface area contributed by atoms with Gasteiger partial charge in [0, 0.05) is 23.7 Å². The molecule has 2 fully saturated rings. The molecule has 4 aliphatic carbocycles. The number of ether oxygens (including phenoxy) is 2. The monoisotopic (exact) mass is 366 g/mol. The molecule has 2 saturated carbocycles. The lowest BCUT2D eigenvalue weighted by Gasteiger charge is -2.37. The predicted octanol–water partition coefficient (Wildman–Crippen LogP) is 2.40. The van der Waals surface area contributed by atoms with Crippen molar-refractivity contribution in [1.29, 1.82) is 0 Å². The Bertz CT molecular complexity index is 571. The highest BCUT2D eigenvalue weighted by Gasteiger charge is 2.77. The molecule has 0 heterocycles. The van der Waals surface area contributed by atoms with Gasteiger partial charge in [-0.3, -0.25) is 9.59 Å². The van der Waals surface area contributed by atoms with Gasteiger partial charge in [-0.1, -0.05) is 24.3 Å². The molecule has 0 aromatic carbocycles. The normalized spacial score (nSPS) is 49.5. The smallest absolute Gasteiger partial charge is 0.323 e. The third-order valence-corrected chi connectivity index (χ3v) is 9.59. The summed E-state index contributed by atoms with van der Waals surface area (Å²) >= 11 is 3.22. The Labute approximate surface area is 150 Å². The number of hydrogen-bond acceptors (Lipinski definition) is 6. The molecule has 0 bridgehead atoms. The van der Waals surface area contributed by atoms with Crippen molar-refractivity contribution in [1.82, 2.24) is 0 Å². The van der Waals surface area contributed by atoms with Crippen LogP contribution >= 0.6 is 23.5 Å². The van der Waals surface area contributed by atoms with E-state index in [2.05, 4.69) is 24.3 Å². The van der Waals surface area contributed by atoms with Gasteiger partial charge in [-0.25, -0.2) is 0 Å². The number of esters is 2. The Kier molecular flexibility index (Phi) is 3.67. The number of thioether (sulfide) groups is 2. The van der Waals surface area contributed by atoms with Crippen LogP contribution in [-0.4, -0.2) is 48.2 Å². The first kappa shape index (κ1) is 16.6. The third-order valence-electron chi connectivity index (χ3n) is 6.82. The minimum atomic E-state index is -0.568. The zero-order valence-corrected chi connectivity index (χ0v) is 15.9. The minimum Gasteiger partial charge on any atom is -0.468 e. The van der Waals surface area contributed by atoms with Crippen molar-refractivity contribution < 1.29 is 19.1 Å². The number of hydrogen-bond donors (Lipinski definition) is 0. The molecule has 0 unspecified atom stereocenters. The van der Waals surface area contributed by atoms with Crippen molar-refractivity contribution in [2.24, 2.45) is 35.5 Å². The van der Waals surface area contributed by atoms with Crippen LogP contribution in [0, 0.1) is 35.5 Å². The lowest BCUT2D eigenvalue weighted by atomic mass is 9.82. The molecule has 0 aromatic heterocycles. The molecule has 0 N–H and O–H groups in total. The van der Waals surface area contributed by atoms with Crippen LogP contribution in [0.15, 0.2) is 24.3 Å². The summed E-state index contributed by atoms with van der Waals surface area (Å²) < 4.78 is 9.30. The zero-order valence-electron chi connectivity index (χ0n) is 14.2. The first-order valence-corrected chi connectivity index (χ1v) is 10.6. The van der Waals surface area contributed by atoms with Gasteiger partial charge >= 0.3 is 11.9 Å². The number of carbonyl (C=O) groups excluding carboxylic acids is 2. The topological polar surface area (TPSA) is 52.6 Å². The molecule has 130 valence electrons. The summed E-state index contributed by atoms with van der Waals surface area (Å²) in [7, 11) is 2.95. The summed E-state index contributed by atoms with van der Waals surface area (Å²) in [4.78, 5) is 25.6. The maximum absolute atomic E-state index is 12.8. The molecule has 0 radical (unpaired) electrons. The fourth-order valence-corrected chi connectivity index (χ4v) is 8.66. The van der Waals surface area contributed by atoms with Gasteiger partial charge in [0.25, 0.3) is 0 Å². The molecule has 4 atom stereocenters. The van der Waals surface area contributed by atoms with Crippen LogP contribution in [0.3, 0.4) is 0 Å². The van der Waals surface area contributed by atoms with Gasteiger partial charge in [-0.2, -0.15) is 0 Å². The largest absolute Gasteiger partial charge is 0.468 e. The highest BCUT2D eigenvalue weighted by molar-refractivity contribution is 8.01. The highest BCUT2D eigenvalue weighted by Crippen LogP contribution is 2.74. The summed E-state index contributed by atoms with van der Waals surface area (Å²) in [6.07, 6.45) is 12.7. The molecule has 24 heavy (non-hydrogen) atoms.